The summed E-state index contributed by atoms with van der Waals surface area (Å²) in [5, 5.41) is 47.4. The molecule has 1 aromatic heterocycles. The normalized spacial score (nSPS) is 20.5. The molecule has 0 saturated carbocycles. The molecule has 3 aromatic rings. The van der Waals surface area contributed by atoms with Crippen LogP contribution in [0.25, 0.3) is 0 Å². The highest BCUT2D eigenvalue weighted by Gasteiger charge is 2.44. The lowest BCUT2D eigenvalue weighted by molar-refractivity contribution is -0.241. The van der Waals surface area contributed by atoms with Crippen LogP contribution in [-0.2, 0) is 60.7 Å². The fourth-order valence-corrected chi connectivity index (χ4v) is 12.1. The standard InChI is InChI=1S/C60H89N7O16S/c1-34(2)41(29-45(69)52(35(3)4)66(9)60(77)82-32-39-19-20-47(83-59-55(75)54(74)46(70)33-81-59)42(27-39)64-49(71)21-22-61-50(72)31-63-78)58(76)65(8)53(36(5)6)48(79-10)30-51(73)67-24-15-18-43(67)56(80-11)37(7)44(68)28-40(57-62-23-25-84-57)26-38-16-13-12-14-17-38/h12-14,16-17,19-20,23,25,27,34-37,40-41,43,46,48,52-56,59,63,70,74-75,78H,15,18,21-22,24,26,28-33H2,1-11H3,(H,61,72)(H,64,71)/t37-,40+,41-,43-,46+,48+,52-,53-,54-,55?,56+,59-/m0/s1. The van der Waals surface area contributed by atoms with Crippen molar-refractivity contribution in [2.75, 3.05) is 59.9 Å². The number of carbonyl (C=O) groups is 7. The maximum Gasteiger partial charge on any atom is 0.410 e. The number of thiazole rings is 1. The molecular weight excluding hydrogens is 1110 g/mol. The number of Topliss-reactive ketones (excluding diaryl/α,β-unsaturated/α-hetero) is 2. The predicted octanol–water partition coefficient (Wildman–Crippen LogP) is 4.72. The first-order valence-corrected chi connectivity index (χ1v) is 29.7. The lowest BCUT2D eigenvalue weighted by Crippen LogP contribution is -2.54. The number of amides is 5. The Labute approximate surface area is 497 Å². The molecule has 0 radical (unpaired) electrons. The molecule has 1 unspecified atom stereocenters. The molecule has 2 saturated heterocycles. The Morgan fingerprint density at radius 3 is 2.17 bits per heavy atom. The first-order chi connectivity index (χ1) is 39.9. The summed E-state index contributed by atoms with van der Waals surface area (Å²) >= 11 is 1.53. The van der Waals surface area contributed by atoms with Gasteiger partial charge in [0.05, 0.1) is 60.6 Å². The summed E-state index contributed by atoms with van der Waals surface area (Å²) < 4.78 is 29.1. The van der Waals surface area contributed by atoms with Gasteiger partial charge in [0, 0.05) is 90.0 Å². The number of hydroxylamine groups is 1. The molecule has 2 aromatic carbocycles. The maximum atomic E-state index is 14.8. The van der Waals surface area contributed by atoms with E-state index in [2.05, 4.69) is 15.6 Å². The fourth-order valence-electron chi connectivity index (χ4n) is 11.4. The van der Waals surface area contributed by atoms with E-state index in [1.165, 1.54) is 48.6 Å². The van der Waals surface area contributed by atoms with E-state index in [4.69, 9.17) is 28.9 Å². The number of aliphatic hydroxyl groups is 3. The Hall–Kier alpha value is -5.96. The Bertz CT molecular complexity index is 2610. The molecule has 466 valence electrons. The second-order valence-electron chi connectivity index (χ2n) is 22.9. The molecule has 24 heteroatoms. The molecule has 2 aliphatic rings. The minimum atomic E-state index is -1.66. The number of hydrogen-bond donors (Lipinski definition) is 7. The summed E-state index contributed by atoms with van der Waals surface area (Å²) in [6, 6.07) is 12.4. The number of nitrogens with one attached hydrogen (secondary N) is 3. The zero-order chi connectivity index (χ0) is 61.9. The van der Waals surface area contributed by atoms with Crippen molar-refractivity contribution >= 4 is 58.3 Å². The van der Waals surface area contributed by atoms with Gasteiger partial charge in [0.15, 0.2) is 5.78 Å². The number of ether oxygens (including phenoxy) is 5. The lowest BCUT2D eigenvalue weighted by atomic mass is 9.84. The summed E-state index contributed by atoms with van der Waals surface area (Å²) in [7, 11) is 6.18. The van der Waals surface area contributed by atoms with Crippen molar-refractivity contribution in [2.24, 2.45) is 29.6 Å². The van der Waals surface area contributed by atoms with Gasteiger partial charge >= 0.3 is 6.09 Å². The van der Waals surface area contributed by atoms with Crippen molar-refractivity contribution in [3.05, 3.63) is 76.2 Å². The minimum Gasteiger partial charge on any atom is -0.460 e. The summed E-state index contributed by atoms with van der Waals surface area (Å²) in [6.07, 6.45) is -4.67. The molecule has 5 amide bonds. The quantitative estimate of drug-likeness (QED) is 0.0416. The van der Waals surface area contributed by atoms with E-state index in [0.29, 0.717) is 24.9 Å². The Morgan fingerprint density at radius 2 is 1.55 bits per heavy atom. The molecule has 2 fully saturated rings. The number of carbonyl (C=O) groups excluding carboxylic acids is 7. The van der Waals surface area contributed by atoms with E-state index in [9.17, 15) is 48.9 Å². The number of rotatable bonds is 32. The van der Waals surface area contributed by atoms with Gasteiger partial charge in [0.1, 0.15) is 36.5 Å². The van der Waals surface area contributed by atoms with Crippen LogP contribution in [0.2, 0.25) is 0 Å². The number of likely N-dealkylation sites (N-methyl/N-ethyl adjacent to an activating group) is 2. The molecule has 0 spiro atoms. The van der Waals surface area contributed by atoms with Crippen molar-refractivity contribution in [3.8, 4) is 5.75 Å². The van der Waals surface area contributed by atoms with Gasteiger partial charge in [-0.2, -0.15) is 5.48 Å². The number of ketones is 2. The van der Waals surface area contributed by atoms with E-state index < -0.39 is 84.6 Å². The minimum absolute atomic E-state index is 0.0208. The lowest BCUT2D eigenvalue weighted by Gasteiger charge is -2.40. The summed E-state index contributed by atoms with van der Waals surface area (Å²) in [5.74, 6) is -4.44. The van der Waals surface area contributed by atoms with Crippen LogP contribution in [0, 0.1) is 29.6 Å². The van der Waals surface area contributed by atoms with E-state index in [0.717, 1.165) is 17.0 Å². The molecule has 0 bridgehead atoms. The van der Waals surface area contributed by atoms with Crippen LogP contribution in [0.15, 0.2) is 60.1 Å². The van der Waals surface area contributed by atoms with Crippen LogP contribution in [-0.4, -0.2) is 191 Å². The zero-order valence-electron chi connectivity index (χ0n) is 50.3. The topological polar surface area (TPSA) is 305 Å². The number of likely N-dealkylation sites (tertiary alicyclic amines) is 1. The van der Waals surface area contributed by atoms with Crippen molar-refractivity contribution in [1.29, 1.82) is 0 Å². The van der Waals surface area contributed by atoms with Gasteiger partial charge in [0.2, 0.25) is 29.9 Å². The average Bonchev–Trinajstić information content (AvgIpc) is 4.09. The Balaban J connectivity index is 1.24. The van der Waals surface area contributed by atoms with E-state index in [-0.39, 0.29) is 111 Å². The Morgan fingerprint density at radius 1 is 0.833 bits per heavy atom. The first kappa shape index (κ1) is 68.8. The van der Waals surface area contributed by atoms with Gasteiger partial charge in [0.25, 0.3) is 0 Å². The third-order valence-electron chi connectivity index (χ3n) is 15.9. The van der Waals surface area contributed by atoms with Crippen LogP contribution in [0.1, 0.15) is 109 Å². The second-order valence-corrected chi connectivity index (χ2v) is 23.9. The van der Waals surface area contributed by atoms with Gasteiger partial charge in [-0.3, -0.25) is 28.8 Å². The number of hydrogen-bond acceptors (Lipinski definition) is 19. The highest BCUT2D eigenvalue weighted by Crippen LogP contribution is 2.35. The largest absolute Gasteiger partial charge is 0.460 e. The van der Waals surface area contributed by atoms with Gasteiger partial charge in [-0.05, 0) is 60.3 Å². The summed E-state index contributed by atoms with van der Waals surface area (Å²) in [4.78, 5) is 106. The third-order valence-corrected chi connectivity index (χ3v) is 16.8. The molecule has 2 aliphatic heterocycles. The van der Waals surface area contributed by atoms with Crippen molar-refractivity contribution in [3.63, 3.8) is 0 Å². The first-order valence-electron chi connectivity index (χ1n) is 28.8. The van der Waals surface area contributed by atoms with Gasteiger partial charge in [-0.15, -0.1) is 11.3 Å². The van der Waals surface area contributed by atoms with Crippen LogP contribution < -0.4 is 20.9 Å². The Kier molecular flexibility index (Phi) is 27.1. The highest BCUT2D eigenvalue weighted by molar-refractivity contribution is 7.09. The monoisotopic (exact) mass is 1200 g/mol. The van der Waals surface area contributed by atoms with Gasteiger partial charge < -0.3 is 69.5 Å². The van der Waals surface area contributed by atoms with Crippen molar-refractivity contribution < 1.29 is 77.8 Å². The molecule has 3 heterocycles. The fraction of sp³-hybridized carbons (Fsp3) is 0.633. The SMILES string of the molecule is CO[C@H]([C@@H](C)C(=O)C[C@@H](Cc1ccccc1)c1nccs1)[C@@H]1CCCN1C(=O)C[C@@H](OC)[C@H](C(C)C)N(C)C(=O)[C@@H](CC(=O)[C@H](C(C)C)N(C)C(=O)OCc1ccc(O[C@@H]2OC[C@@H](O)[C@H](O)C2O)c(NC(=O)CCNC(=O)CNO)c1)C(C)C. The van der Waals surface area contributed by atoms with Crippen LogP contribution in [0.5, 0.6) is 5.75 Å². The van der Waals surface area contributed by atoms with E-state index in [1.807, 2.05) is 70.3 Å². The molecule has 12 atom stereocenters. The average molecular weight is 1200 g/mol. The van der Waals surface area contributed by atoms with Gasteiger partial charge in [-0.1, -0.05) is 84.9 Å². The molecular formula is C60H89N7O16S. The van der Waals surface area contributed by atoms with E-state index >= 15 is 0 Å². The molecule has 0 aliphatic carbocycles. The summed E-state index contributed by atoms with van der Waals surface area (Å²) in [5.41, 5.74) is 3.22. The molecule has 5 rings (SSSR count). The number of methoxy groups -OCH3 is 2. The molecule has 84 heavy (non-hydrogen) atoms. The number of anilines is 1. The second kappa shape index (κ2) is 33.1. The number of benzene rings is 2. The van der Waals surface area contributed by atoms with E-state index in [1.54, 1.807) is 49.5 Å². The molecule has 23 nitrogen and oxygen atoms in total. The maximum absolute atomic E-state index is 14.8. The van der Waals surface area contributed by atoms with Crippen LogP contribution in [0.4, 0.5) is 10.5 Å². The third kappa shape index (κ3) is 18.8. The van der Waals surface area contributed by atoms with Crippen molar-refractivity contribution in [1.82, 2.24) is 30.5 Å². The van der Waals surface area contributed by atoms with Crippen LogP contribution >= 0.6 is 11.3 Å². The highest BCUT2D eigenvalue weighted by atomic mass is 32.1. The smallest absolute Gasteiger partial charge is 0.410 e. The van der Waals surface area contributed by atoms with Gasteiger partial charge in [-0.25, -0.2) is 9.78 Å². The van der Waals surface area contributed by atoms with Crippen LogP contribution in [0.3, 0.4) is 0 Å². The number of nitrogens with zero attached hydrogens (tertiary/aromatic N) is 4. The number of aliphatic hydroxyl groups excluding tert-OH is 3. The number of aromatic nitrogens is 1. The zero-order valence-corrected chi connectivity index (χ0v) is 51.1. The van der Waals surface area contributed by atoms with Crippen molar-refractivity contribution in [2.45, 2.75) is 161 Å². The predicted molar refractivity (Wildman–Crippen MR) is 312 cm³/mol. The summed E-state index contributed by atoms with van der Waals surface area (Å²) in [6.45, 7) is 12.3. The molecule has 7 N–H and O–H groups in total.